The standard InChI is InChI=1S/C18H23N3O6S/c1-11-4-3-5-12(2)20(11)16(22)9-27-17(23)10-28-15-7-6-13(18(19)24)8-14(15)21(25)26/h6-8,11-12H,3-5,9-10H2,1-2H3,(H2,19,24)/t11-,12-/m0/s1. The van der Waals surface area contributed by atoms with E-state index < -0.39 is 16.8 Å². The molecule has 2 N–H and O–H groups in total. The van der Waals surface area contributed by atoms with Crippen LogP contribution in [0.2, 0.25) is 0 Å². The summed E-state index contributed by atoms with van der Waals surface area (Å²) in [5.74, 6) is -1.87. The Morgan fingerprint density at radius 2 is 1.93 bits per heavy atom. The number of carbonyl (C=O) groups excluding carboxylic acids is 3. The molecule has 0 bridgehead atoms. The molecule has 1 aromatic rings. The number of nitro benzene ring substituents is 1. The lowest BCUT2D eigenvalue weighted by atomic mass is 9.97. The lowest BCUT2D eigenvalue weighted by Gasteiger charge is -2.38. The number of primary amides is 1. The summed E-state index contributed by atoms with van der Waals surface area (Å²) in [5.41, 5.74) is 4.82. The van der Waals surface area contributed by atoms with Crippen LogP contribution in [0.4, 0.5) is 5.69 Å². The summed E-state index contributed by atoms with van der Waals surface area (Å²) in [4.78, 5) is 47.9. The number of likely N-dealkylation sites (tertiary alicyclic amines) is 1. The Hall–Kier alpha value is -2.62. The molecule has 0 aliphatic carbocycles. The fourth-order valence-corrected chi connectivity index (χ4v) is 4.05. The number of hydrogen-bond acceptors (Lipinski definition) is 7. The second-order valence-corrected chi connectivity index (χ2v) is 7.70. The number of rotatable bonds is 7. The quantitative estimate of drug-likeness (QED) is 0.315. The summed E-state index contributed by atoms with van der Waals surface area (Å²) in [7, 11) is 0. The van der Waals surface area contributed by atoms with Crippen molar-refractivity contribution in [3.8, 4) is 0 Å². The van der Waals surface area contributed by atoms with Crippen molar-refractivity contribution in [2.45, 2.75) is 50.1 Å². The van der Waals surface area contributed by atoms with Gasteiger partial charge in [-0.05, 0) is 45.2 Å². The van der Waals surface area contributed by atoms with Crippen molar-refractivity contribution < 1.29 is 24.0 Å². The largest absolute Gasteiger partial charge is 0.455 e. The Balaban J connectivity index is 1.91. The maximum absolute atomic E-state index is 12.4. The van der Waals surface area contributed by atoms with Crippen molar-refractivity contribution in [2.24, 2.45) is 5.73 Å². The number of piperidine rings is 1. The highest BCUT2D eigenvalue weighted by molar-refractivity contribution is 8.00. The number of esters is 1. The Bertz CT molecular complexity index is 775. The summed E-state index contributed by atoms with van der Waals surface area (Å²) in [5, 5.41) is 11.2. The van der Waals surface area contributed by atoms with E-state index in [0.717, 1.165) is 37.1 Å². The summed E-state index contributed by atoms with van der Waals surface area (Å²) < 4.78 is 5.04. The number of thioether (sulfide) groups is 1. The molecule has 9 nitrogen and oxygen atoms in total. The Morgan fingerprint density at radius 3 is 2.50 bits per heavy atom. The fraction of sp³-hybridized carbons (Fsp3) is 0.500. The highest BCUT2D eigenvalue weighted by Crippen LogP contribution is 2.30. The number of ether oxygens (including phenoxy) is 1. The van der Waals surface area contributed by atoms with E-state index in [1.807, 2.05) is 13.8 Å². The Kier molecular flexibility index (Phi) is 7.38. The molecule has 2 amide bonds. The molecule has 0 aromatic heterocycles. The van der Waals surface area contributed by atoms with Crippen LogP contribution in [-0.4, -0.2) is 52.1 Å². The zero-order valence-electron chi connectivity index (χ0n) is 15.8. The minimum atomic E-state index is -0.779. The maximum atomic E-state index is 12.4. The van der Waals surface area contributed by atoms with Crippen LogP contribution in [0.3, 0.4) is 0 Å². The number of amides is 2. The van der Waals surface area contributed by atoms with E-state index in [-0.39, 0.29) is 46.5 Å². The van der Waals surface area contributed by atoms with E-state index in [9.17, 15) is 24.5 Å². The topological polar surface area (TPSA) is 133 Å². The number of hydrogen-bond donors (Lipinski definition) is 1. The van der Waals surface area contributed by atoms with Gasteiger partial charge in [-0.15, -0.1) is 11.8 Å². The number of nitrogens with two attached hydrogens (primary N) is 1. The predicted octanol–water partition coefficient (Wildman–Crippen LogP) is 2.12. The lowest BCUT2D eigenvalue weighted by Crippen LogP contribution is -2.49. The monoisotopic (exact) mass is 409 g/mol. The number of nitro groups is 1. The van der Waals surface area contributed by atoms with Gasteiger partial charge in [0, 0.05) is 23.7 Å². The smallest absolute Gasteiger partial charge is 0.316 e. The van der Waals surface area contributed by atoms with Crippen molar-refractivity contribution in [2.75, 3.05) is 12.4 Å². The Morgan fingerprint density at radius 1 is 1.29 bits per heavy atom. The van der Waals surface area contributed by atoms with Gasteiger partial charge in [0.05, 0.1) is 15.6 Å². The second-order valence-electron chi connectivity index (χ2n) is 6.68. The molecule has 1 fully saturated rings. The minimum absolute atomic E-state index is 0.00833. The molecular weight excluding hydrogens is 386 g/mol. The first-order valence-electron chi connectivity index (χ1n) is 8.88. The molecule has 10 heteroatoms. The van der Waals surface area contributed by atoms with E-state index in [1.165, 1.54) is 12.1 Å². The molecule has 1 saturated heterocycles. The van der Waals surface area contributed by atoms with Crippen molar-refractivity contribution in [1.29, 1.82) is 0 Å². The third kappa shape index (κ3) is 5.44. The molecule has 1 aliphatic heterocycles. The summed E-state index contributed by atoms with van der Waals surface area (Å²) >= 11 is 0.899. The minimum Gasteiger partial charge on any atom is -0.455 e. The van der Waals surface area contributed by atoms with Crippen molar-refractivity contribution >= 4 is 35.2 Å². The van der Waals surface area contributed by atoms with Crippen molar-refractivity contribution in [3.63, 3.8) is 0 Å². The number of nitrogens with zero attached hydrogens (tertiary/aromatic N) is 2. The van der Waals surface area contributed by atoms with Crippen LogP contribution in [0.25, 0.3) is 0 Å². The molecule has 1 aliphatic rings. The SMILES string of the molecule is C[C@H]1CCC[C@H](C)N1C(=O)COC(=O)CSc1ccc(C(N)=O)cc1[N+](=O)[O-]. The van der Waals surface area contributed by atoms with Gasteiger partial charge in [0.25, 0.3) is 11.6 Å². The molecule has 0 saturated carbocycles. The van der Waals surface area contributed by atoms with Crippen LogP contribution >= 0.6 is 11.8 Å². The van der Waals surface area contributed by atoms with E-state index in [4.69, 9.17) is 10.5 Å². The summed E-state index contributed by atoms with van der Waals surface area (Å²) in [6.45, 7) is 3.59. The molecule has 152 valence electrons. The average Bonchev–Trinajstić information content (AvgIpc) is 2.64. The number of carbonyl (C=O) groups is 3. The lowest BCUT2D eigenvalue weighted by molar-refractivity contribution is -0.387. The first-order chi connectivity index (χ1) is 13.2. The third-order valence-corrected chi connectivity index (χ3v) is 5.66. The van der Waals surface area contributed by atoms with Crippen molar-refractivity contribution in [1.82, 2.24) is 4.90 Å². The van der Waals surface area contributed by atoms with Gasteiger partial charge in [0.2, 0.25) is 5.91 Å². The molecule has 0 unspecified atom stereocenters. The van der Waals surface area contributed by atoms with Gasteiger partial charge in [-0.3, -0.25) is 24.5 Å². The summed E-state index contributed by atoms with van der Waals surface area (Å²) in [6.07, 6.45) is 2.91. The van der Waals surface area contributed by atoms with Crippen molar-refractivity contribution in [3.05, 3.63) is 33.9 Å². The molecule has 0 radical (unpaired) electrons. The van der Waals surface area contributed by atoms with Crippen LogP contribution in [0.15, 0.2) is 23.1 Å². The van der Waals surface area contributed by atoms with Gasteiger partial charge in [0.1, 0.15) is 0 Å². The Labute approximate surface area is 166 Å². The second kappa shape index (κ2) is 9.54. The van der Waals surface area contributed by atoms with E-state index in [2.05, 4.69) is 0 Å². The molecule has 28 heavy (non-hydrogen) atoms. The molecule has 0 spiro atoms. The highest BCUT2D eigenvalue weighted by Gasteiger charge is 2.29. The van der Waals surface area contributed by atoms with E-state index in [1.54, 1.807) is 4.90 Å². The average molecular weight is 409 g/mol. The molecule has 2 rings (SSSR count). The van der Waals surface area contributed by atoms with Gasteiger partial charge in [-0.2, -0.15) is 0 Å². The van der Waals surface area contributed by atoms with Crippen LogP contribution in [-0.2, 0) is 14.3 Å². The predicted molar refractivity (Wildman–Crippen MR) is 103 cm³/mol. The highest BCUT2D eigenvalue weighted by atomic mass is 32.2. The van der Waals surface area contributed by atoms with Gasteiger partial charge >= 0.3 is 5.97 Å². The van der Waals surface area contributed by atoms with Crippen LogP contribution < -0.4 is 5.73 Å². The summed E-state index contributed by atoms with van der Waals surface area (Å²) in [6, 6.07) is 3.99. The zero-order valence-corrected chi connectivity index (χ0v) is 16.6. The normalized spacial score (nSPS) is 19.1. The molecule has 1 aromatic carbocycles. The van der Waals surface area contributed by atoms with Gasteiger partial charge in [-0.25, -0.2) is 0 Å². The maximum Gasteiger partial charge on any atom is 0.316 e. The fourth-order valence-electron chi connectivity index (χ4n) is 3.24. The number of benzene rings is 1. The molecule has 2 atom stereocenters. The zero-order chi connectivity index (χ0) is 20.8. The van der Waals surface area contributed by atoms with Crippen LogP contribution in [0.5, 0.6) is 0 Å². The van der Waals surface area contributed by atoms with E-state index in [0.29, 0.717) is 0 Å². The first-order valence-corrected chi connectivity index (χ1v) is 9.87. The van der Waals surface area contributed by atoms with Gasteiger partial charge in [0.15, 0.2) is 6.61 Å². The van der Waals surface area contributed by atoms with E-state index >= 15 is 0 Å². The van der Waals surface area contributed by atoms with Crippen LogP contribution in [0, 0.1) is 10.1 Å². The first kappa shape index (κ1) is 21.7. The van der Waals surface area contributed by atoms with Gasteiger partial charge in [-0.1, -0.05) is 0 Å². The third-order valence-electron chi connectivity index (χ3n) is 4.62. The van der Waals surface area contributed by atoms with Gasteiger partial charge < -0.3 is 15.4 Å². The molecule has 1 heterocycles. The molecular formula is C18H23N3O6S. The van der Waals surface area contributed by atoms with Crippen LogP contribution in [0.1, 0.15) is 43.5 Å².